The molecule has 0 bridgehead atoms. The number of aliphatic hydroxyl groups is 1. The minimum atomic E-state index is -0.551. The molecule has 2 unspecified atom stereocenters. The molecule has 0 heterocycles. The fraction of sp³-hybridized carbons (Fsp3) is 0.818. The monoisotopic (exact) mass is 216 g/mol. The fourth-order valence-corrected chi connectivity index (χ4v) is 1.93. The van der Waals surface area contributed by atoms with E-state index in [1.54, 1.807) is 20.3 Å². The van der Waals surface area contributed by atoms with Gasteiger partial charge in [0.2, 0.25) is 0 Å². The van der Waals surface area contributed by atoms with Gasteiger partial charge in [-0.05, 0) is 19.4 Å². The first-order valence-electron chi connectivity index (χ1n) is 5.30. The lowest BCUT2D eigenvalue weighted by molar-refractivity contribution is -0.158. The molecular weight excluding hydrogens is 196 g/mol. The molecule has 1 N–H and O–H groups in total. The lowest BCUT2D eigenvalue weighted by atomic mass is 9.90. The zero-order chi connectivity index (χ0) is 11.3. The topological polar surface area (TPSA) is 47.9 Å². The Morgan fingerprint density at radius 3 is 2.60 bits per heavy atom. The highest BCUT2D eigenvalue weighted by molar-refractivity contribution is 5.05. The first-order valence-corrected chi connectivity index (χ1v) is 5.30. The van der Waals surface area contributed by atoms with E-state index in [2.05, 4.69) is 0 Å². The van der Waals surface area contributed by atoms with Gasteiger partial charge < -0.3 is 19.3 Å². The van der Waals surface area contributed by atoms with Crippen LogP contribution in [-0.4, -0.2) is 38.3 Å². The molecule has 4 nitrogen and oxygen atoms in total. The van der Waals surface area contributed by atoms with Gasteiger partial charge in [-0.1, -0.05) is 0 Å². The van der Waals surface area contributed by atoms with Crippen molar-refractivity contribution in [2.75, 3.05) is 20.8 Å². The van der Waals surface area contributed by atoms with Crippen LogP contribution >= 0.6 is 0 Å². The predicted molar refractivity (Wildman–Crippen MR) is 56.2 cm³/mol. The number of allylic oxidation sites excluding steroid dienone is 1. The summed E-state index contributed by atoms with van der Waals surface area (Å²) in [5.74, 6) is 0.858. The van der Waals surface area contributed by atoms with Gasteiger partial charge >= 0.3 is 0 Å². The molecule has 1 aliphatic carbocycles. The maximum Gasteiger partial charge on any atom is 0.162 e. The molecule has 1 rings (SSSR count). The maximum atomic E-state index is 9.88. The summed E-state index contributed by atoms with van der Waals surface area (Å²) in [6, 6.07) is 0. The molecule has 0 aromatic carbocycles. The minimum absolute atomic E-state index is 0.00999. The van der Waals surface area contributed by atoms with E-state index in [0.717, 1.165) is 18.6 Å². The summed E-state index contributed by atoms with van der Waals surface area (Å²) in [5.41, 5.74) is 0. The van der Waals surface area contributed by atoms with Gasteiger partial charge in [0, 0.05) is 26.6 Å². The van der Waals surface area contributed by atoms with E-state index in [1.165, 1.54) is 0 Å². The number of ether oxygens (including phenoxy) is 3. The third-order valence-electron chi connectivity index (χ3n) is 2.66. The highest BCUT2D eigenvalue weighted by Crippen LogP contribution is 2.28. The molecule has 0 aromatic rings. The lowest BCUT2D eigenvalue weighted by Gasteiger charge is -2.31. The number of hydrogen-bond donors (Lipinski definition) is 1. The van der Waals surface area contributed by atoms with E-state index in [0.29, 0.717) is 6.61 Å². The Balaban J connectivity index is 2.58. The van der Waals surface area contributed by atoms with Gasteiger partial charge in [-0.15, -0.1) is 0 Å². The second kappa shape index (κ2) is 6.10. The molecule has 0 aromatic heterocycles. The van der Waals surface area contributed by atoms with Gasteiger partial charge in [0.1, 0.15) is 0 Å². The smallest absolute Gasteiger partial charge is 0.162 e. The van der Waals surface area contributed by atoms with Gasteiger partial charge in [-0.3, -0.25) is 0 Å². The van der Waals surface area contributed by atoms with Crippen LogP contribution in [0.4, 0.5) is 0 Å². The molecule has 4 heteroatoms. The SMILES string of the molecule is CCOC1=CC(O)C(C(OC)OC)CC1. The van der Waals surface area contributed by atoms with Gasteiger partial charge in [0.25, 0.3) is 0 Å². The fourth-order valence-electron chi connectivity index (χ4n) is 1.93. The number of methoxy groups -OCH3 is 2. The average Bonchev–Trinajstić information content (AvgIpc) is 2.23. The predicted octanol–water partition coefficient (Wildman–Crippen LogP) is 1.30. The molecule has 0 fully saturated rings. The molecule has 2 atom stereocenters. The van der Waals surface area contributed by atoms with E-state index < -0.39 is 6.10 Å². The number of aliphatic hydroxyl groups excluding tert-OH is 1. The summed E-state index contributed by atoms with van der Waals surface area (Å²) in [5, 5.41) is 9.88. The Bertz CT molecular complexity index is 211. The number of hydrogen-bond acceptors (Lipinski definition) is 4. The molecule has 0 saturated carbocycles. The second-order valence-corrected chi connectivity index (χ2v) is 3.60. The Morgan fingerprint density at radius 2 is 2.13 bits per heavy atom. The van der Waals surface area contributed by atoms with Gasteiger partial charge in [-0.25, -0.2) is 0 Å². The summed E-state index contributed by atoms with van der Waals surface area (Å²) in [7, 11) is 3.17. The van der Waals surface area contributed by atoms with Crippen LogP contribution in [0.15, 0.2) is 11.8 Å². The molecular formula is C11H20O4. The molecule has 0 aliphatic heterocycles. The summed E-state index contributed by atoms with van der Waals surface area (Å²) < 4.78 is 15.7. The summed E-state index contributed by atoms with van der Waals surface area (Å²) in [6.45, 7) is 2.58. The van der Waals surface area contributed by atoms with Crippen LogP contribution in [0.1, 0.15) is 19.8 Å². The van der Waals surface area contributed by atoms with Crippen molar-refractivity contribution >= 4 is 0 Å². The normalized spacial score (nSPS) is 26.6. The zero-order valence-electron chi connectivity index (χ0n) is 9.60. The van der Waals surface area contributed by atoms with Crippen molar-refractivity contribution < 1.29 is 19.3 Å². The van der Waals surface area contributed by atoms with Crippen molar-refractivity contribution in [1.82, 2.24) is 0 Å². The van der Waals surface area contributed by atoms with Crippen LogP contribution in [-0.2, 0) is 14.2 Å². The highest BCUT2D eigenvalue weighted by Gasteiger charge is 2.31. The van der Waals surface area contributed by atoms with Gasteiger partial charge in [-0.2, -0.15) is 0 Å². The summed E-state index contributed by atoms with van der Waals surface area (Å²) in [6.07, 6.45) is 2.51. The first kappa shape index (κ1) is 12.5. The van der Waals surface area contributed by atoms with Gasteiger partial charge in [0.15, 0.2) is 6.29 Å². The Hall–Kier alpha value is -0.580. The zero-order valence-corrected chi connectivity index (χ0v) is 9.60. The van der Waals surface area contributed by atoms with E-state index >= 15 is 0 Å². The molecule has 0 amide bonds. The van der Waals surface area contributed by atoms with Crippen molar-refractivity contribution in [3.05, 3.63) is 11.8 Å². The second-order valence-electron chi connectivity index (χ2n) is 3.60. The highest BCUT2D eigenvalue weighted by atomic mass is 16.7. The molecule has 15 heavy (non-hydrogen) atoms. The van der Waals surface area contributed by atoms with Crippen LogP contribution in [0.3, 0.4) is 0 Å². The van der Waals surface area contributed by atoms with E-state index in [-0.39, 0.29) is 12.2 Å². The third-order valence-corrected chi connectivity index (χ3v) is 2.66. The van der Waals surface area contributed by atoms with Crippen LogP contribution in [0.2, 0.25) is 0 Å². The molecule has 0 radical (unpaired) electrons. The lowest BCUT2D eigenvalue weighted by Crippen LogP contribution is -2.35. The van der Waals surface area contributed by atoms with Crippen molar-refractivity contribution in [2.45, 2.75) is 32.2 Å². The van der Waals surface area contributed by atoms with E-state index in [1.807, 2.05) is 6.92 Å². The average molecular weight is 216 g/mol. The van der Waals surface area contributed by atoms with E-state index in [4.69, 9.17) is 14.2 Å². The van der Waals surface area contributed by atoms with Crippen molar-refractivity contribution in [3.63, 3.8) is 0 Å². The van der Waals surface area contributed by atoms with Crippen molar-refractivity contribution in [3.8, 4) is 0 Å². The van der Waals surface area contributed by atoms with Crippen LogP contribution in [0.5, 0.6) is 0 Å². The Morgan fingerprint density at radius 1 is 1.47 bits per heavy atom. The van der Waals surface area contributed by atoms with Crippen LogP contribution in [0.25, 0.3) is 0 Å². The molecule has 88 valence electrons. The molecule has 1 aliphatic rings. The minimum Gasteiger partial charge on any atom is -0.498 e. The standard InChI is InChI=1S/C11H20O4/c1-4-15-8-5-6-9(10(12)7-8)11(13-2)14-3/h7,9-12H,4-6H2,1-3H3. The van der Waals surface area contributed by atoms with Crippen molar-refractivity contribution in [2.24, 2.45) is 5.92 Å². The summed E-state index contributed by atoms with van der Waals surface area (Å²) in [4.78, 5) is 0. The molecule has 0 saturated heterocycles. The first-order chi connectivity index (χ1) is 7.22. The summed E-state index contributed by atoms with van der Waals surface area (Å²) >= 11 is 0. The largest absolute Gasteiger partial charge is 0.498 e. The van der Waals surface area contributed by atoms with Crippen LogP contribution < -0.4 is 0 Å². The third kappa shape index (κ3) is 3.19. The molecule has 0 spiro atoms. The maximum absolute atomic E-state index is 9.88. The van der Waals surface area contributed by atoms with Crippen LogP contribution in [0, 0.1) is 5.92 Å². The van der Waals surface area contributed by atoms with Crippen molar-refractivity contribution in [1.29, 1.82) is 0 Å². The Labute approximate surface area is 90.8 Å². The number of rotatable bonds is 5. The Kier molecular flexibility index (Phi) is 5.08. The van der Waals surface area contributed by atoms with E-state index in [9.17, 15) is 5.11 Å². The quantitative estimate of drug-likeness (QED) is 0.704. The van der Waals surface area contributed by atoms with Gasteiger partial charge in [0.05, 0.1) is 18.5 Å².